The van der Waals surface area contributed by atoms with Gasteiger partial charge in [0, 0.05) is 0 Å². The topological polar surface area (TPSA) is 60.7 Å². The zero-order valence-corrected chi connectivity index (χ0v) is 15.2. The zero-order chi connectivity index (χ0) is 16.9. The van der Waals surface area contributed by atoms with Gasteiger partial charge in [-0.3, -0.25) is 0 Å². The summed E-state index contributed by atoms with van der Waals surface area (Å²) >= 11 is 0. The van der Waals surface area contributed by atoms with E-state index in [1.165, 1.54) is 6.42 Å². The van der Waals surface area contributed by atoms with Gasteiger partial charge in [-0.25, -0.2) is 0 Å². The summed E-state index contributed by atoms with van der Waals surface area (Å²) in [6, 6.07) is 0. The fourth-order valence-electron chi connectivity index (χ4n) is 8.26. The summed E-state index contributed by atoms with van der Waals surface area (Å²) in [5.74, 6) is 1.17. The number of aliphatic hydroxyl groups is 3. The smallest absolute Gasteiger partial charge is 0.0936 e. The minimum Gasteiger partial charge on any atom is -0.393 e. The number of hydrogen-bond acceptors (Lipinski definition) is 3. The molecule has 0 radical (unpaired) electrons. The second kappa shape index (κ2) is 4.34. The molecule has 0 heterocycles. The third-order valence-corrected chi connectivity index (χ3v) is 8.83. The predicted molar refractivity (Wildman–Crippen MR) is 89.8 cm³/mol. The summed E-state index contributed by atoms with van der Waals surface area (Å²) in [6.07, 6.45) is 7.13. The molecular formula is C20H34O3. The molecule has 4 fully saturated rings. The van der Waals surface area contributed by atoms with Crippen molar-refractivity contribution in [2.24, 2.45) is 28.1 Å². The molecule has 3 heteroatoms. The van der Waals surface area contributed by atoms with Gasteiger partial charge in [0.25, 0.3) is 0 Å². The van der Waals surface area contributed by atoms with E-state index in [-0.39, 0.29) is 22.3 Å². The van der Waals surface area contributed by atoms with Crippen molar-refractivity contribution in [3.8, 4) is 0 Å². The van der Waals surface area contributed by atoms with E-state index in [0.717, 1.165) is 38.5 Å². The van der Waals surface area contributed by atoms with E-state index in [2.05, 4.69) is 20.8 Å². The van der Waals surface area contributed by atoms with Gasteiger partial charge in [-0.15, -0.1) is 0 Å². The van der Waals surface area contributed by atoms with Crippen molar-refractivity contribution in [3.05, 3.63) is 0 Å². The lowest BCUT2D eigenvalue weighted by molar-refractivity contribution is -0.185. The Hall–Kier alpha value is -0.120. The number of hydrogen-bond donors (Lipinski definition) is 3. The first kappa shape index (κ1) is 16.4. The molecule has 4 rings (SSSR count). The molecule has 132 valence electrons. The highest BCUT2D eigenvalue weighted by Gasteiger charge is 2.71. The van der Waals surface area contributed by atoms with Crippen LogP contribution in [0.1, 0.15) is 79.1 Å². The Morgan fingerprint density at radius 2 is 1.48 bits per heavy atom. The predicted octanol–water partition coefficient (Wildman–Crippen LogP) is 3.26. The fourth-order valence-corrected chi connectivity index (χ4v) is 8.26. The van der Waals surface area contributed by atoms with E-state index in [4.69, 9.17) is 0 Å². The molecule has 23 heavy (non-hydrogen) atoms. The molecule has 4 aliphatic carbocycles. The molecule has 0 aromatic heterocycles. The molecule has 4 aliphatic rings. The van der Waals surface area contributed by atoms with Crippen molar-refractivity contribution in [1.29, 1.82) is 0 Å². The summed E-state index contributed by atoms with van der Waals surface area (Å²) in [4.78, 5) is 0. The minimum absolute atomic E-state index is 0.0783. The summed E-state index contributed by atoms with van der Waals surface area (Å²) in [5, 5.41) is 32.5. The van der Waals surface area contributed by atoms with E-state index < -0.39 is 11.2 Å². The van der Waals surface area contributed by atoms with Crippen molar-refractivity contribution in [1.82, 2.24) is 0 Å². The molecule has 4 saturated carbocycles. The molecule has 0 aromatic carbocycles. The van der Waals surface area contributed by atoms with Gasteiger partial charge in [0.1, 0.15) is 0 Å². The number of aliphatic hydroxyl groups excluding tert-OH is 1. The maximum atomic E-state index is 11.0. The van der Waals surface area contributed by atoms with Gasteiger partial charge in [-0.1, -0.05) is 20.8 Å². The second-order valence-corrected chi connectivity index (χ2v) is 10.8. The first-order chi connectivity index (χ1) is 10.4. The zero-order valence-electron chi connectivity index (χ0n) is 15.2. The van der Waals surface area contributed by atoms with E-state index in [0.29, 0.717) is 18.3 Å². The van der Waals surface area contributed by atoms with Crippen LogP contribution in [-0.4, -0.2) is 32.6 Å². The first-order valence-corrected chi connectivity index (χ1v) is 9.57. The van der Waals surface area contributed by atoms with Crippen molar-refractivity contribution < 1.29 is 15.3 Å². The van der Waals surface area contributed by atoms with Gasteiger partial charge >= 0.3 is 0 Å². The van der Waals surface area contributed by atoms with Crippen molar-refractivity contribution in [2.45, 2.75) is 96.4 Å². The summed E-state index contributed by atoms with van der Waals surface area (Å²) < 4.78 is 0. The highest BCUT2D eigenvalue weighted by Crippen LogP contribution is 2.73. The van der Waals surface area contributed by atoms with Crippen molar-refractivity contribution in [2.75, 3.05) is 0 Å². The van der Waals surface area contributed by atoms with E-state index in [9.17, 15) is 15.3 Å². The summed E-state index contributed by atoms with van der Waals surface area (Å²) in [6.45, 7) is 8.92. The molecule has 0 aromatic rings. The third kappa shape index (κ3) is 1.93. The van der Waals surface area contributed by atoms with Crippen molar-refractivity contribution >= 4 is 0 Å². The highest BCUT2D eigenvalue weighted by atomic mass is 16.4. The number of rotatable bonds is 0. The van der Waals surface area contributed by atoms with Crippen LogP contribution >= 0.6 is 0 Å². The average Bonchev–Trinajstić information content (AvgIpc) is 2.48. The molecule has 7 atom stereocenters. The van der Waals surface area contributed by atoms with Gasteiger partial charge < -0.3 is 15.3 Å². The lowest BCUT2D eigenvalue weighted by atomic mass is 9.41. The molecule has 0 aliphatic heterocycles. The molecule has 1 spiro atoms. The summed E-state index contributed by atoms with van der Waals surface area (Å²) in [7, 11) is 0. The molecule has 2 bridgehead atoms. The summed E-state index contributed by atoms with van der Waals surface area (Å²) in [5.41, 5.74) is -1.44. The minimum atomic E-state index is -0.951. The standard InChI is InChI=1S/C20H34O3/c1-16(2)9-13(21)10-17(3)14(16)5-7-19-11-18(4,22)20(23,12-19)8-6-15(17)19/h13-15,21-23H,5-12H2,1-4H3/t13-,14-,15+,17-,18-,19-,20+/m1/s1. The Kier molecular flexibility index (Phi) is 3.09. The molecule has 0 amide bonds. The van der Waals surface area contributed by atoms with Crippen LogP contribution < -0.4 is 0 Å². The van der Waals surface area contributed by atoms with Crippen LogP contribution in [0.25, 0.3) is 0 Å². The van der Waals surface area contributed by atoms with Crippen LogP contribution in [0.2, 0.25) is 0 Å². The maximum absolute atomic E-state index is 11.0. The Balaban J connectivity index is 1.76. The first-order valence-electron chi connectivity index (χ1n) is 9.57. The van der Waals surface area contributed by atoms with Gasteiger partial charge in [0.05, 0.1) is 17.3 Å². The normalized spacial score (nSPS) is 60.9. The third-order valence-electron chi connectivity index (χ3n) is 8.83. The number of fused-ring (bicyclic) bond motifs is 3. The van der Waals surface area contributed by atoms with Crippen LogP contribution in [0, 0.1) is 28.1 Å². The second-order valence-electron chi connectivity index (χ2n) is 10.8. The fraction of sp³-hybridized carbons (Fsp3) is 1.00. The van der Waals surface area contributed by atoms with Gasteiger partial charge in [0.15, 0.2) is 0 Å². The van der Waals surface area contributed by atoms with Gasteiger partial charge in [0.2, 0.25) is 0 Å². The van der Waals surface area contributed by atoms with Crippen LogP contribution in [0.15, 0.2) is 0 Å². The lowest BCUT2D eigenvalue weighted by Crippen LogP contribution is -2.59. The Morgan fingerprint density at radius 1 is 0.826 bits per heavy atom. The highest BCUT2D eigenvalue weighted by molar-refractivity contribution is 5.21. The van der Waals surface area contributed by atoms with Gasteiger partial charge in [-0.2, -0.15) is 0 Å². The quantitative estimate of drug-likeness (QED) is 0.641. The SMILES string of the molecule is CC1(C)C[C@@H](O)C[C@]2(C)[C@@H]1CC[C@@]13C[C@@](O)(CC[C@H]12)[C@](C)(O)C3. The Labute approximate surface area is 140 Å². The van der Waals surface area contributed by atoms with Crippen LogP contribution in [0.3, 0.4) is 0 Å². The monoisotopic (exact) mass is 322 g/mol. The molecule has 0 unspecified atom stereocenters. The largest absolute Gasteiger partial charge is 0.393 e. The molecular weight excluding hydrogens is 288 g/mol. The van der Waals surface area contributed by atoms with Crippen molar-refractivity contribution in [3.63, 3.8) is 0 Å². The maximum Gasteiger partial charge on any atom is 0.0936 e. The Morgan fingerprint density at radius 3 is 2.17 bits per heavy atom. The van der Waals surface area contributed by atoms with E-state index in [1.54, 1.807) is 0 Å². The average molecular weight is 322 g/mol. The van der Waals surface area contributed by atoms with Crippen LogP contribution in [0.5, 0.6) is 0 Å². The van der Waals surface area contributed by atoms with Gasteiger partial charge in [-0.05, 0) is 86.4 Å². The Bertz CT molecular complexity index is 523. The van der Waals surface area contributed by atoms with Crippen LogP contribution in [-0.2, 0) is 0 Å². The molecule has 3 nitrogen and oxygen atoms in total. The lowest BCUT2D eigenvalue weighted by Gasteiger charge is -2.64. The van der Waals surface area contributed by atoms with E-state index in [1.807, 2.05) is 6.92 Å². The molecule has 3 N–H and O–H groups in total. The van der Waals surface area contributed by atoms with Crippen LogP contribution in [0.4, 0.5) is 0 Å². The molecule has 0 saturated heterocycles. The van der Waals surface area contributed by atoms with E-state index >= 15 is 0 Å².